The number of rotatable bonds is 1. The number of phenolic OH excluding ortho intramolecular Hbond substituents is 1. The normalized spacial score (nSPS) is 21.4. The summed E-state index contributed by atoms with van der Waals surface area (Å²) in [6, 6.07) is 4.08. The van der Waals surface area contributed by atoms with Gasteiger partial charge in [0.1, 0.15) is 5.75 Å². The lowest BCUT2D eigenvalue weighted by atomic mass is 10.0. The molecule has 0 radical (unpaired) electrons. The first-order valence-electron chi connectivity index (χ1n) is 5.01. The molecule has 0 bridgehead atoms. The van der Waals surface area contributed by atoms with Crippen molar-refractivity contribution in [2.24, 2.45) is 0 Å². The van der Waals surface area contributed by atoms with E-state index >= 15 is 0 Å². The van der Waals surface area contributed by atoms with Crippen molar-refractivity contribution in [3.05, 3.63) is 23.3 Å². The fraction of sp³-hybridized carbons (Fsp3) is 0.455. The molecule has 0 unspecified atom stereocenters. The van der Waals surface area contributed by atoms with E-state index in [2.05, 4.69) is 5.32 Å². The van der Waals surface area contributed by atoms with Gasteiger partial charge in [-0.3, -0.25) is 0 Å². The van der Waals surface area contributed by atoms with Gasteiger partial charge in [0.05, 0.1) is 5.69 Å². The molecule has 1 aliphatic rings. The Morgan fingerprint density at radius 3 is 2.93 bits per heavy atom. The van der Waals surface area contributed by atoms with E-state index in [1.54, 1.807) is 6.07 Å². The smallest absolute Gasteiger partial charge is 0.143 e. The number of hydrogen-bond donors (Lipinski definition) is 3. The van der Waals surface area contributed by atoms with E-state index in [1.165, 1.54) is 0 Å². The van der Waals surface area contributed by atoms with Gasteiger partial charge in [-0.25, -0.2) is 0 Å². The lowest BCUT2D eigenvalue weighted by molar-refractivity contribution is 0.459. The number of nitrogen functional groups attached to an aromatic ring is 1. The molecule has 2 rings (SSSR count). The lowest BCUT2D eigenvalue weighted by Gasteiger charge is -2.14. The Balaban J connectivity index is 2.40. The Labute approximate surface area is 83.9 Å². The van der Waals surface area contributed by atoms with Gasteiger partial charge in [-0.15, -0.1) is 0 Å². The topological polar surface area (TPSA) is 58.3 Å². The van der Waals surface area contributed by atoms with Crippen LogP contribution in [-0.2, 0) is 0 Å². The zero-order valence-corrected chi connectivity index (χ0v) is 8.38. The molecule has 1 saturated heterocycles. The minimum Gasteiger partial charge on any atom is -0.505 e. The second-order valence-corrected chi connectivity index (χ2v) is 3.94. The maximum atomic E-state index is 9.82. The first-order valence-corrected chi connectivity index (χ1v) is 5.01. The number of aryl methyl sites for hydroxylation is 1. The van der Waals surface area contributed by atoms with Crippen LogP contribution in [0.15, 0.2) is 12.1 Å². The molecule has 14 heavy (non-hydrogen) atoms. The molecule has 1 aromatic carbocycles. The third-order valence-corrected chi connectivity index (χ3v) is 2.75. The predicted molar refractivity (Wildman–Crippen MR) is 57.2 cm³/mol. The van der Waals surface area contributed by atoms with E-state index in [9.17, 15) is 5.11 Å². The number of benzene rings is 1. The van der Waals surface area contributed by atoms with E-state index in [1.807, 2.05) is 13.0 Å². The van der Waals surface area contributed by atoms with Gasteiger partial charge in [0.25, 0.3) is 0 Å². The average Bonchev–Trinajstić information content (AvgIpc) is 2.63. The van der Waals surface area contributed by atoms with Gasteiger partial charge in [0, 0.05) is 11.6 Å². The molecule has 0 spiro atoms. The number of hydrogen-bond acceptors (Lipinski definition) is 3. The number of nitrogens with one attached hydrogen (secondary N) is 1. The van der Waals surface area contributed by atoms with Crippen LogP contribution in [-0.4, -0.2) is 11.7 Å². The third-order valence-electron chi connectivity index (χ3n) is 2.75. The summed E-state index contributed by atoms with van der Waals surface area (Å²) in [7, 11) is 0. The van der Waals surface area contributed by atoms with E-state index in [4.69, 9.17) is 5.73 Å². The van der Waals surface area contributed by atoms with Gasteiger partial charge in [-0.1, -0.05) is 6.07 Å². The van der Waals surface area contributed by atoms with Gasteiger partial charge < -0.3 is 16.2 Å². The average molecular weight is 192 g/mol. The first-order chi connectivity index (χ1) is 6.68. The number of phenols is 1. The summed E-state index contributed by atoms with van der Waals surface area (Å²) in [5.41, 5.74) is 8.24. The van der Waals surface area contributed by atoms with E-state index in [0.29, 0.717) is 5.69 Å². The van der Waals surface area contributed by atoms with Crippen LogP contribution in [0.5, 0.6) is 5.75 Å². The van der Waals surface area contributed by atoms with Crippen molar-refractivity contribution in [2.45, 2.75) is 25.8 Å². The third kappa shape index (κ3) is 1.55. The zero-order valence-electron chi connectivity index (χ0n) is 8.38. The van der Waals surface area contributed by atoms with Crippen LogP contribution in [0.25, 0.3) is 0 Å². The maximum absolute atomic E-state index is 9.82. The quantitative estimate of drug-likeness (QED) is 0.469. The van der Waals surface area contributed by atoms with Crippen LogP contribution >= 0.6 is 0 Å². The Morgan fingerprint density at radius 1 is 1.50 bits per heavy atom. The second-order valence-electron chi connectivity index (χ2n) is 3.94. The van der Waals surface area contributed by atoms with E-state index in [0.717, 1.165) is 30.5 Å². The van der Waals surface area contributed by atoms with Crippen molar-refractivity contribution in [3.8, 4) is 5.75 Å². The second kappa shape index (κ2) is 3.50. The summed E-state index contributed by atoms with van der Waals surface area (Å²) in [6.07, 6.45) is 2.24. The summed E-state index contributed by atoms with van der Waals surface area (Å²) in [6.45, 7) is 3.02. The molecule has 0 aliphatic carbocycles. The van der Waals surface area contributed by atoms with Crippen LogP contribution in [0.4, 0.5) is 5.69 Å². The van der Waals surface area contributed by atoms with Crippen molar-refractivity contribution in [3.63, 3.8) is 0 Å². The van der Waals surface area contributed by atoms with Gasteiger partial charge >= 0.3 is 0 Å². The van der Waals surface area contributed by atoms with Crippen molar-refractivity contribution in [1.29, 1.82) is 0 Å². The molecule has 0 saturated carbocycles. The SMILES string of the molecule is Cc1cc(N)c(O)c([C@@H]2CCCN2)c1. The molecule has 3 heteroatoms. The molecular formula is C11H16N2O. The molecule has 1 fully saturated rings. The monoisotopic (exact) mass is 192 g/mol. The largest absolute Gasteiger partial charge is 0.505 e. The minimum absolute atomic E-state index is 0.245. The highest BCUT2D eigenvalue weighted by Crippen LogP contribution is 2.34. The van der Waals surface area contributed by atoms with Crippen LogP contribution in [0.1, 0.15) is 30.0 Å². The molecule has 4 N–H and O–H groups in total. The lowest BCUT2D eigenvalue weighted by Crippen LogP contribution is -2.13. The predicted octanol–water partition coefficient (Wildman–Crippen LogP) is 1.71. The molecule has 1 heterocycles. The molecule has 1 aromatic rings. The van der Waals surface area contributed by atoms with Crippen molar-refractivity contribution < 1.29 is 5.11 Å². The maximum Gasteiger partial charge on any atom is 0.143 e. The molecule has 0 amide bonds. The Hall–Kier alpha value is -1.22. The van der Waals surface area contributed by atoms with Crippen molar-refractivity contribution >= 4 is 5.69 Å². The molecule has 1 atom stereocenters. The number of anilines is 1. The van der Waals surface area contributed by atoms with Crippen LogP contribution in [0.3, 0.4) is 0 Å². The van der Waals surface area contributed by atoms with Gasteiger partial charge in [0.2, 0.25) is 0 Å². The molecule has 3 nitrogen and oxygen atoms in total. The summed E-state index contributed by atoms with van der Waals surface area (Å²) < 4.78 is 0. The van der Waals surface area contributed by atoms with E-state index in [-0.39, 0.29) is 11.8 Å². The fourth-order valence-electron chi connectivity index (χ4n) is 2.05. The van der Waals surface area contributed by atoms with Crippen LogP contribution < -0.4 is 11.1 Å². The summed E-state index contributed by atoms with van der Waals surface area (Å²) in [5.74, 6) is 0.245. The highest BCUT2D eigenvalue weighted by Gasteiger charge is 2.20. The van der Waals surface area contributed by atoms with Gasteiger partial charge in [-0.05, 0) is 37.9 Å². The molecular weight excluding hydrogens is 176 g/mol. The minimum atomic E-state index is 0.245. The highest BCUT2D eigenvalue weighted by atomic mass is 16.3. The van der Waals surface area contributed by atoms with Crippen molar-refractivity contribution in [1.82, 2.24) is 5.32 Å². The Morgan fingerprint density at radius 2 is 2.29 bits per heavy atom. The molecule has 0 aromatic heterocycles. The summed E-state index contributed by atoms with van der Waals surface area (Å²) in [5, 5.41) is 13.2. The summed E-state index contributed by atoms with van der Waals surface area (Å²) >= 11 is 0. The van der Waals surface area contributed by atoms with Gasteiger partial charge in [0.15, 0.2) is 0 Å². The van der Waals surface area contributed by atoms with Crippen LogP contribution in [0, 0.1) is 6.92 Å². The fourth-order valence-corrected chi connectivity index (χ4v) is 2.05. The van der Waals surface area contributed by atoms with Gasteiger partial charge in [-0.2, -0.15) is 0 Å². The number of aromatic hydroxyl groups is 1. The van der Waals surface area contributed by atoms with E-state index < -0.39 is 0 Å². The Kier molecular flexibility index (Phi) is 2.33. The summed E-state index contributed by atoms with van der Waals surface area (Å²) in [4.78, 5) is 0. The number of nitrogens with two attached hydrogens (primary N) is 1. The first kappa shape index (κ1) is 9.34. The zero-order chi connectivity index (χ0) is 10.1. The van der Waals surface area contributed by atoms with Crippen molar-refractivity contribution in [2.75, 3.05) is 12.3 Å². The highest BCUT2D eigenvalue weighted by molar-refractivity contribution is 5.58. The Bertz CT molecular complexity index is 343. The standard InChI is InChI=1S/C11H16N2O/c1-7-5-8(10-3-2-4-13-10)11(14)9(12)6-7/h5-6,10,13-14H,2-4,12H2,1H3/t10-/m0/s1. The molecule has 1 aliphatic heterocycles. The molecule has 76 valence electrons. The van der Waals surface area contributed by atoms with Crippen LogP contribution in [0.2, 0.25) is 0 Å².